The summed E-state index contributed by atoms with van der Waals surface area (Å²) in [4.78, 5) is 42.3. The fourth-order valence-electron chi connectivity index (χ4n) is 3.44. The Kier molecular flexibility index (Phi) is 9.15. The Morgan fingerprint density at radius 1 is 0.875 bits per heavy atom. The Hall–Kier alpha value is -4.25. The van der Waals surface area contributed by atoms with Crippen LogP contribution in [0.4, 0.5) is 16.3 Å². The first-order valence-electron chi connectivity index (χ1n) is 11.7. The molecule has 1 unspecified atom stereocenters. The van der Waals surface area contributed by atoms with E-state index in [0.29, 0.717) is 10.0 Å². The zero-order chi connectivity index (χ0) is 28.7. The lowest BCUT2D eigenvalue weighted by Gasteiger charge is -2.12. The Bertz CT molecular complexity index is 1670. The molecule has 4 rings (SSSR count). The maximum atomic E-state index is 13.1. The van der Waals surface area contributed by atoms with E-state index in [-0.39, 0.29) is 34.1 Å². The first-order valence-corrected chi connectivity index (χ1v) is 14.4. The number of carbonyl (C=O) groups excluding carboxylic acids is 3. The lowest BCUT2D eigenvalue weighted by Crippen LogP contribution is -2.18. The molecule has 0 radical (unpaired) electrons. The minimum Gasteiger partial charge on any atom is -0.443 e. The minimum absolute atomic E-state index is 0.00127. The Morgan fingerprint density at radius 2 is 1.57 bits per heavy atom. The van der Waals surface area contributed by atoms with Crippen LogP contribution in [0, 0.1) is 0 Å². The highest BCUT2D eigenvalue weighted by molar-refractivity contribution is 7.93. The van der Waals surface area contributed by atoms with E-state index in [4.69, 9.17) is 27.9 Å². The van der Waals surface area contributed by atoms with Crippen molar-refractivity contribution in [3.63, 3.8) is 0 Å². The molecule has 204 valence electrons. The summed E-state index contributed by atoms with van der Waals surface area (Å²) in [5.74, 6) is -0.816. The largest absolute Gasteiger partial charge is 0.443 e. The molecule has 3 aromatic carbocycles. The molecule has 1 heterocycles. The fourth-order valence-corrected chi connectivity index (χ4v) is 4.81. The molecule has 0 aliphatic heterocycles. The van der Waals surface area contributed by atoms with Gasteiger partial charge in [-0.05, 0) is 60.2 Å². The minimum atomic E-state index is -3.13. The highest BCUT2D eigenvalue weighted by atomic mass is 35.5. The third kappa shape index (κ3) is 7.66. The van der Waals surface area contributed by atoms with Crippen molar-refractivity contribution in [2.24, 2.45) is 4.36 Å². The standard InChI is InChI=1S/C28H22Cl2N4O5S/c1-40(38,34-28(37)39-17-18-5-3-2-4-6-18)22-11-7-19(8-12-22)26(35)32-24-13-9-20(29)15-23(24)27(36)33-25-14-10-21(30)16-31-25/h2-16H,17H2,1H3,(H,32,35)(H,31,33,36). The number of amides is 3. The molecule has 0 aliphatic carbocycles. The first-order chi connectivity index (χ1) is 19.1. The summed E-state index contributed by atoms with van der Waals surface area (Å²) < 4.78 is 21.9. The summed E-state index contributed by atoms with van der Waals surface area (Å²) in [5.41, 5.74) is 1.30. The second-order valence-electron chi connectivity index (χ2n) is 8.42. The van der Waals surface area contributed by atoms with Crippen molar-refractivity contribution in [1.82, 2.24) is 4.98 Å². The number of nitrogens with zero attached hydrogens (tertiary/aromatic N) is 2. The van der Waals surface area contributed by atoms with Crippen LogP contribution in [0.2, 0.25) is 10.0 Å². The monoisotopic (exact) mass is 596 g/mol. The molecule has 0 saturated carbocycles. The molecule has 9 nitrogen and oxygen atoms in total. The average molecular weight is 597 g/mol. The topological polar surface area (TPSA) is 127 Å². The molecular weight excluding hydrogens is 575 g/mol. The van der Waals surface area contributed by atoms with Gasteiger partial charge in [0, 0.05) is 27.9 Å². The van der Waals surface area contributed by atoms with Crippen LogP contribution in [0.1, 0.15) is 26.3 Å². The van der Waals surface area contributed by atoms with E-state index in [9.17, 15) is 18.6 Å². The number of pyridine rings is 1. The normalized spacial score (nSPS) is 12.1. The summed E-state index contributed by atoms with van der Waals surface area (Å²) >= 11 is 11.9. The molecule has 0 saturated heterocycles. The molecule has 3 amide bonds. The molecule has 0 fully saturated rings. The SMILES string of the molecule is CS(=O)(=NC(=O)OCc1ccccc1)c1ccc(C(=O)Nc2ccc(Cl)cc2C(=O)Nc2ccc(Cl)cn2)cc1. The predicted octanol–water partition coefficient (Wildman–Crippen LogP) is 6.69. The van der Waals surface area contributed by atoms with Gasteiger partial charge in [0.25, 0.3) is 11.8 Å². The molecule has 1 atom stereocenters. The van der Waals surface area contributed by atoms with Crippen LogP contribution in [-0.4, -0.2) is 33.4 Å². The highest BCUT2D eigenvalue weighted by Crippen LogP contribution is 2.23. The summed E-state index contributed by atoms with van der Waals surface area (Å²) in [5, 5.41) is 6.01. The lowest BCUT2D eigenvalue weighted by atomic mass is 10.1. The van der Waals surface area contributed by atoms with Gasteiger partial charge in [0.1, 0.15) is 12.4 Å². The van der Waals surface area contributed by atoms with Gasteiger partial charge < -0.3 is 15.4 Å². The third-order valence-electron chi connectivity index (χ3n) is 5.45. The van der Waals surface area contributed by atoms with Crippen molar-refractivity contribution >= 4 is 62.3 Å². The van der Waals surface area contributed by atoms with Gasteiger partial charge in [0.2, 0.25) is 0 Å². The molecule has 0 aliphatic rings. The Labute approximate surface area is 240 Å². The van der Waals surface area contributed by atoms with Crippen molar-refractivity contribution in [1.29, 1.82) is 0 Å². The van der Waals surface area contributed by atoms with Gasteiger partial charge in [-0.3, -0.25) is 9.59 Å². The van der Waals surface area contributed by atoms with Crippen LogP contribution in [0.3, 0.4) is 0 Å². The quantitative estimate of drug-likeness (QED) is 0.245. The van der Waals surface area contributed by atoms with Crippen LogP contribution in [-0.2, 0) is 21.1 Å². The number of carbonyl (C=O) groups is 3. The highest BCUT2D eigenvalue weighted by Gasteiger charge is 2.17. The zero-order valence-electron chi connectivity index (χ0n) is 21.0. The molecular formula is C28H22Cl2N4O5S. The van der Waals surface area contributed by atoms with Crippen molar-refractivity contribution in [3.8, 4) is 0 Å². The van der Waals surface area contributed by atoms with Crippen LogP contribution < -0.4 is 10.6 Å². The summed E-state index contributed by atoms with van der Waals surface area (Å²) in [6, 6.07) is 22.3. The molecule has 0 bridgehead atoms. The summed E-state index contributed by atoms with van der Waals surface area (Å²) in [6.07, 6.45) is 1.73. The van der Waals surface area contributed by atoms with Gasteiger partial charge in [0.15, 0.2) is 0 Å². The zero-order valence-corrected chi connectivity index (χ0v) is 23.3. The van der Waals surface area contributed by atoms with Gasteiger partial charge in [-0.2, -0.15) is 0 Å². The van der Waals surface area contributed by atoms with E-state index < -0.39 is 27.6 Å². The number of benzene rings is 3. The van der Waals surface area contributed by atoms with Crippen LogP contribution >= 0.6 is 23.2 Å². The summed E-state index contributed by atoms with van der Waals surface area (Å²) in [7, 11) is -3.13. The van der Waals surface area contributed by atoms with Gasteiger partial charge in [-0.1, -0.05) is 53.5 Å². The number of nitrogens with one attached hydrogen (secondary N) is 2. The number of aromatic nitrogens is 1. The van der Waals surface area contributed by atoms with E-state index >= 15 is 0 Å². The molecule has 12 heteroatoms. The number of halogens is 2. The molecule has 0 spiro atoms. The number of ether oxygens (including phenoxy) is 1. The molecule has 1 aromatic heterocycles. The second-order valence-corrected chi connectivity index (χ2v) is 11.6. The van der Waals surface area contributed by atoms with Gasteiger partial charge in [-0.25, -0.2) is 14.0 Å². The molecule has 40 heavy (non-hydrogen) atoms. The van der Waals surface area contributed by atoms with E-state index in [1.54, 1.807) is 18.2 Å². The lowest BCUT2D eigenvalue weighted by molar-refractivity contribution is 0.102. The predicted molar refractivity (Wildman–Crippen MR) is 154 cm³/mol. The van der Waals surface area contributed by atoms with Gasteiger partial charge >= 0.3 is 6.09 Å². The van der Waals surface area contributed by atoms with Crippen molar-refractivity contribution in [3.05, 3.63) is 118 Å². The van der Waals surface area contributed by atoms with E-state index in [0.717, 1.165) is 5.56 Å². The Balaban J connectivity index is 1.45. The number of rotatable bonds is 7. The molecule has 2 N–H and O–H groups in total. The van der Waals surface area contributed by atoms with Gasteiger partial charge in [0.05, 0.1) is 26.0 Å². The smallest absolute Gasteiger partial charge is 0.442 e. The number of hydrogen-bond donors (Lipinski definition) is 2. The molecule has 4 aromatic rings. The first kappa shape index (κ1) is 28.8. The van der Waals surface area contributed by atoms with Crippen LogP contribution in [0.25, 0.3) is 0 Å². The number of hydrogen-bond acceptors (Lipinski definition) is 6. The summed E-state index contributed by atoms with van der Waals surface area (Å²) in [6.45, 7) is -0.00127. The maximum Gasteiger partial charge on any atom is 0.442 e. The van der Waals surface area contributed by atoms with Crippen molar-refractivity contribution in [2.75, 3.05) is 16.9 Å². The third-order valence-corrected chi connectivity index (χ3v) is 7.55. The van der Waals surface area contributed by atoms with E-state index in [1.807, 2.05) is 18.2 Å². The van der Waals surface area contributed by atoms with Crippen molar-refractivity contribution in [2.45, 2.75) is 11.5 Å². The van der Waals surface area contributed by atoms with Crippen LogP contribution in [0.15, 0.2) is 100 Å². The fraction of sp³-hybridized carbons (Fsp3) is 0.0714. The average Bonchev–Trinajstić information content (AvgIpc) is 2.94. The van der Waals surface area contributed by atoms with Crippen molar-refractivity contribution < 1.29 is 23.3 Å². The van der Waals surface area contributed by atoms with Gasteiger partial charge in [-0.15, -0.1) is 4.36 Å². The maximum absolute atomic E-state index is 13.1. The Morgan fingerprint density at radius 3 is 2.25 bits per heavy atom. The van der Waals surface area contributed by atoms with E-state index in [1.165, 1.54) is 61.0 Å². The van der Waals surface area contributed by atoms with E-state index in [2.05, 4.69) is 20.0 Å². The number of anilines is 2. The van der Waals surface area contributed by atoms with Crippen LogP contribution in [0.5, 0.6) is 0 Å². The second kappa shape index (κ2) is 12.7.